The third-order valence-electron chi connectivity index (χ3n) is 1.21. The summed E-state index contributed by atoms with van der Waals surface area (Å²) in [7, 11) is 0. The fourth-order valence-corrected chi connectivity index (χ4v) is 0.679. The predicted octanol–water partition coefficient (Wildman–Crippen LogP) is 1.88. The van der Waals surface area contributed by atoms with Crippen LogP contribution in [0.25, 0.3) is 0 Å². The van der Waals surface area contributed by atoms with Gasteiger partial charge >= 0.3 is 0 Å². The number of alkyl halides is 2. The number of nitrogen functional groups attached to an aromatic ring is 1. The second kappa shape index (κ2) is 2.96. The number of halogens is 4. The number of nitrogens with two attached hydrogens (primary N) is 1. The van der Waals surface area contributed by atoms with E-state index in [1.165, 1.54) is 0 Å². The van der Waals surface area contributed by atoms with Gasteiger partial charge in [-0.25, -0.2) is 18.2 Å². The van der Waals surface area contributed by atoms with Crippen LogP contribution in [0.4, 0.5) is 23.2 Å². The summed E-state index contributed by atoms with van der Waals surface area (Å²) in [5, 5.41) is 0. The number of hydrogen-bond donors (Lipinski definition) is 1. The minimum Gasteiger partial charge on any atom is -0.395 e. The molecule has 0 aliphatic rings. The summed E-state index contributed by atoms with van der Waals surface area (Å²) >= 11 is 0. The highest BCUT2D eigenvalue weighted by atomic mass is 19.3. The fraction of sp³-hybridized carbons (Fsp3) is 0.167. The molecular formula is C6H4F4N2. The molecule has 12 heavy (non-hydrogen) atoms. The summed E-state index contributed by atoms with van der Waals surface area (Å²) in [5.74, 6) is -2.53. The molecule has 0 bridgehead atoms. The molecule has 0 aliphatic heterocycles. The standard InChI is InChI=1S/C6H4F4N2/c7-2-1-3(8)12-5(4(2)11)6(9)10/h1,6H,11H2. The Balaban J connectivity index is 3.28. The molecule has 1 aromatic heterocycles. The first-order valence-electron chi connectivity index (χ1n) is 2.92. The van der Waals surface area contributed by atoms with Gasteiger partial charge in [-0.2, -0.15) is 4.39 Å². The maximum atomic E-state index is 12.5. The summed E-state index contributed by atoms with van der Waals surface area (Å²) < 4.78 is 48.5. The third kappa shape index (κ3) is 1.46. The van der Waals surface area contributed by atoms with E-state index in [2.05, 4.69) is 4.98 Å². The van der Waals surface area contributed by atoms with Crippen molar-refractivity contribution in [3.8, 4) is 0 Å². The fourth-order valence-electron chi connectivity index (χ4n) is 0.679. The van der Waals surface area contributed by atoms with Gasteiger partial charge in [0.15, 0.2) is 5.82 Å². The number of rotatable bonds is 1. The average Bonchev–Trinajstić information content (AvgIpc) is 1.96. The van der Waals surface area contributed by atoms with Crippen LogP contribution >= 0.6 is 0 Å². The van der Waals surface area contributed by atoms with Gasteiger partial charge in [0.2, 0.25) is 5.95 Å². The van der Waals surface area contributed by atoms with Crippen molar-refractivity contribution in [3.05, 3.63) is 23.5 Å². The summed E-state index contributed by atoms with van der Waals surface area (Å²) in [6.07, 6.45) is -3.07. The number of aromatic nitrogens is 1. The molecule has 0 saturated heterocycles. The van der Waals surface area contributed by atoms with Crippen LogP contribution in [0.2, 0.25) is 0 Å². The van der Waals surface area contributed by atoms with Gasteiger partial charge in [0, 0.05) is 6.07 Å². The van der Waals surface area contributed by atoms with E-state index in [0.717, 1.165) is 0 Å². The van der Waals surface area contributed by atoms with Gasteiger partial charge in [0.05, 0.1) is 5.69 Å². The van der Waals surface area contributed by atoms with Gasteiger partial charge in [0.1, 0.15) is 5.69 Å². The van der Waals surface area contributed by atoms with E-state index in [1.807, 2.05) is 0 Å². The quantitative estimate of drug-likeness (QED) is 0.529. The van der Waals surface area contributed by atoms with Crippen LogP contribution in [-0.2, 0) is 0 Å². The largest absolute Gasteiger partial charge is 0.395 e. The lowest BCUT2D eigenvalue weighted by Crippen LogP contribution is -2.03. The molecule has 0 aromatic carbocycles. The summed E-state index contributed by atoms with van der Waals surface area (Å²) in [4.78, 5) is 2.75. The zero-order valence-electron chi connectivity index (χ0n) is 5.69. The summed E-state index contributed by atoms with van der Waals surface area (Å²) in [6.45, 7) is 0. The first-order chi connectivity index (χ1) is 5.52. The minimum atomic E-state index is -3.07. The normalized spacial score (nSPS) is 10.8. The van der Waals surface area contributed by atoms with Crippen molar-refractivity contribution in [1.29, 1.82) is 0 Å². The number of hydrogen-bond acceptors (Lipinski definition) is 2. The van der Waals surface area contributed by atoms with Crippen molar-refractivity contribution in [2.45, 2.75) is 6.43 Å². The molecule has 0 spiro atoms. The topological polar surface area (TPSA) is 38.9 Å². The van der Waals surface area contributed by atoms with Crippen molar-refractivity contribution in [2.24, 2.45) is 0 Å². The van der Waals surface area contributed by atoms with Crippen LogP contribution in [0.3, 0.4) is 0 Å². The summed E-state index contributed by atoms with van der Waals surface area (Å²) in [5.41, 5.74) is 2.99. The minimum absolute atomic E-state index is 0.348. The smallest absolute Gasteiger partial charge is 0.282 e. The van der Waals surface area contributed by atoms with E-state index in [-0.39, 0.29) is 0 Å². The second-order valence-corrected chi connectivity index (χ2v) is 2.03. The van der Waals surface area contributed by atoms with Crippen LogP contribution in [-0.4, -0.2) is 4.98 Å². The second-order valence-electron chi connectivity index (χ2n) is 2.03. The lowest BCUT2D eigenvalue weighted by molar-refractivity contribution is 0.145. The maximum Gasteiger partial charge on any atom is 0.282 e. The highest BCUT2D eigenvalue weighted by Gasteiger charge is 2.17. The monoisotopic (exact) mass is 180 g/mol. The van der Waals surface area contributed by atoms with Gasteiger partial charge in [-0.05, 0) is 0 Å². The van der Waals surface area contributed by atoms with Crippen molar-refractivity contribution in [2.75, 3.05) is 5.73 Å². The van der Waals surface area contributed by atoms with Crippen molar-refractivity contribution >= 4 is 5.69 Å². The Labute approximate surface area is 65.0 Å². The van der Waals surface area contributed by atoms with Crippen LogP contribution in [0.5, 0.6) is 0 Å². The van der Waals surface area contributed by atoms with Gasteiger partial charge in [-0.1, -0.05) is 0 Å². The van der Waals surface area contributed by atoms with Gasteiger partial charge in [-0.15, -0.1) is 0 Å². The lowest BCUT2D eigenvalue weighted by atomic mass is 10.3. The van der Waals surface area contributed by atoms with Crippen molar-refractivity contribution in [3.63, 3.8) is 0 Å². The zero-order valence-corrected chi connectivity index (χ0v) is 5.69. The average molecular weight is 180 g/mol. The van der Waals surface area contributed by atoms with Crippen molar-refractivity contribution in [1.82, 2.24) is 4.98 Å². The third-order valence-corrected chi connectivity index (χ3v) is 1.21. The molecule has 1 heterocycles. The highest BCUT2D eigenvalue weighted by Crippen LogP contribution is 2.24. The van der Waals surface area contributed by atoms with Crippen LogP contribution < -0.4 is 5.73 Å². The first-order valence-corrected chi connectivity index (χ1v) is 2.92. The van der Waals surface area contributed by atoms with E-state index in [1.54, 1.807) is 0 Å². The molecule has 0 radical (unpaired) electrons. The molecule has 2 nitrogen and oxygen atoms in total. The molecule has 6 heteroatoms. The number of anilines is 1. The molecule has 66 valence electrons. The maximum absolute atomic E-state index is 12.5. The molecule has 0 saturated carbocycles. The van der Waals surface area contributed by atoms with Gasteiger partial charge < -0.3 is 5.73 Å². The number of nitrogens with zero attached hydrogens (tertiary/aromatic N) is 1. The Morgan fingerprint density at radius 1 is 1.33 bits per heavy atom. The van der Waals surface area contributed by atoms with E-state index in [9.17, 15) is 17.6 Å². The van der Waals surface area contributed by atoms with Gasteiger partial charge in [-0.3, -0.25) is 0 Å². The highest BCUT2D eigenvalue weighted by molar-refractivity contribution is 5.44. The van der Waals surface area contributed by atoms with Crippen LogP contribution in [0.15, 0.2) is 6.07 Å². The van der Waals surface area contributed by atoms with E-state index in [0.29, 0.717) is 6.07 Å². The molecular weight excluding hydrogens is 176 g/mol. The predicted molar refractivity (Wildman–Crippen MR) is 33.5 cm³/mol. The molecule has 0 aliphatic carbocycles. The van der Waals surface area contributed by atoms with E-state index >= 15 is 0 Å². The summed E-state index contributed by atoms with van der Waals surface area (Å²) in [6, 6.07) is 0.348. The lowest BCUT2D eigenvalue weighted by Gasteiger charge is -2.03. The Bertz CT molecular complexity index is 300. The van der Waals surface area contributed by atoms with E-state index < -0.39 is 29.6 Å². The van der Waals surface area contributed by atoms with Crippen molar-refractivity contribution < 1.29 is 17.6 Å². The Morgan fingerprint density at radius 3 is 2.42 bits per heavy atom. The molecule has 0 atom stereocenters. The molecule has 0 fully saturated rings. The Morgan fingerprint density at radius 2 is 1.92 bits per heavy atom. The molecule has 1 rings (SSSR count). The van der Waals surface area contributed by atoms with Crippen LogP contribution in [0, 0.1) is 11.8 Å². The molecule has 1 aromatic rings. The Kier molecular flexibility index (Phi) is 2.16. The molecule has 0 amide bonds. The zero-order chi connectivity index (χ0) is 9.30. The SMILES string of the molecule is Nc1c(F)cc(F)nc1C(F)F. The Hall–Kier alpha value is -1.33. The first kappa shape index (κ1) is 8.76. The van der Waals surface area contributed by atoms with E-state index in [4.69, 9.17) is 5.73 Å². The van der Waals surface area contributed by atoms with Gasteiger partial charge in [0.25, 0.3) is 6.43 Å². The molecule has 2 N–H and O–H groups in total. The van der Waals surface area contributed by atoms with Crippen LogP contribution in [0.1, 0.15) is 12.1 Å². The number of pyridine rings is 1. The molecule has 0 unspecified atom stereocenters.